The van der Waals surface area contributed by atoms with E-state index >= 15 is 0 Å². The largest absolute Gasteiger partial charge is 0.369 e. The summed E-state index contributed by atoms with van der Waals surface area (Å²) in [6.07, 6.45) is 0. The van der Waals surface area contributed by atoms with Gasteiger partial charge in [-0.3, -0.25) is 0 Å². The Morgan fingerprint density at radius 3 is 2.37 bits per heavy atom. The van der Waals surface area contributed by atoms with E-state index in [2.05, 4.69) is 65.7 Å². The third-order valence-electron chi connectivity index (χ3n) is 3.85. The van der Waals surface area contributed by atoms with E-state index in [9.17, 15) is 0 Å². The van der Waals surface area contributed by atoms with Crippen molar-refractivity contribution in [3.05, 3.63) is 54.1 Å². The summed E-state index contributed by atoms with van der Waals surface area (Å²) in [5.74, 6) is 0. The highest BCUT2D eigenvalue weighted by Gasteiger charge is 2.14. The number of nitrogens with one attached hydrogen (secondary N) is 1. The summed E-state index contributed by atoms with van der Waals surface area (Å²) in [5, 5.41) is 3.41. The number of hydrogen-bond donors (Lipinski definition) is 1. The zero-order chi connectivity index (χ0) is 13.1. The van der Waals surface area contributed by atoms with Crippen molar-refractivity contribution in [3.63, 3.8) is 0 Å². The lowest BCUT2D eigenvalue weighted by atomic mass is 9.98. The van der Waals surface area contributed by atoms with Crippen LogP contribution in [0.1, 0.15) is 5.56 Å². The Kier molecular flexibility index (Phi) is 3.51. The Morgan fingerprint density at radius 1 is 0.895 bits per heavy atom. The molecule has 1 saturated heterocycles. The molecule has 0 radical (unpaired) electrons. The second-order valence-corrected chi connectivity index (χ2v) is 5.05. The maximum atomic E-state index is 3.41. The Bertz CT molecular complexity index is 542. The van der Waals surface area contributed by atoms with Gasteiger partial charge in [-0.1, -0.05) is 42.5 Å². The van der Waals surface area contributed by atoms with Gasteiger partial charge in [0, 0.05) is 31.9 Å². The second kappa shape index (κ2) is 5.45. The molecular weight excluding hydrogens is 232 g/mol. The lowest BCUT2D eigenvalue weighted by molar-refractivity contribution is 0.588. The first kappa shape index (κ1) is 12.2. The molecule has 1 heterocycles. The fourth-order valence-corrected chi connectivity index (χ4v) is 2.80. The summed E-state index contributed by atoms with van der Waals surface area (Å²) in [5.41, 5.74) is 5.41. The van der Waals surface area contributed by atoms with E-state index in [0.29, 0.717) is 0 Å². The smallest absolute Gasteiger partial charge is 0.0403 e. The summed E-state index contributed by atoms with van der Waals surface area (Å²) in [7, 11) is 0. The van der Waals surface area contributed by atoms with Gasteiger partial charge in [0.25, 0.3) is 0 Å². The summed E-state index contributed by atoms with van der Waals surface area (Å²) < 4.78 is 0. The number of rotatable bonds is 2. The van der Waals surface area contributed by atoms with Gasteiger partial charge in [-0.25, -0.2) is 0 Å². The highest BCUT2D eigenvalue weighted by atomic mass is 15.2. The van der Waals surface area contributed by atoms with Crippen molar-refractivity contribution in [2.75, 3.05) is 31.1 Å². The third-order valence-corrected chi connectivity index (χ3v) is 3.85. The number of nitrogens with zero attached hydrogens (tertiary/aromatic N) is 1. The second-order valence-electron chi connectivity index (χ2n) is 5.05. The van der Waals surface area contributed by atoms with Crippen molar-refractivity contribution in [3.8, 4) is 11.1 Å². The van der Waals surface area contributed by atoms with E-state index in [0.717, 1.165) is 26.2 Å². The fraction of sp³-hybridized carbons (Fsp3) is 0.294. The maximum Gasteiger partial charge on any atom is 0.0403 e. The Morgan fingerprint density at radius 2 is 1.63 bits per heavy atom. The van der Waals surface area contributed by atoms with Crippen molar-refractivity contribution < 1.29 is 0 Å². The van der Waals surface area contributed by atoms with Gasteiger partial charge in [0.2, 0.25) is 0 Å². The van der Waals surface area contributed by atoms with Gasteiger partial charge < -0.3 is 10.2 Å². The van der Waals surface area contributed by atoms with Crippen LogP contribution in [0.15, 0.2) is 48.5 Å². The van der Waals surface area contributed by atoms with Crippen LogP contribution >= 0.6 is 0 Å². The topological polar surface area (TPSA) is 15.3 Å². The first-order valence-electron chi connectivity index (χ1n) is 6.97. The Labute approximate surface area is 115 Å². The van der Waals surface area contributed by atoms with E-state index in [1.54, 1.807) is 0 Å². The van der Waals surface area contributed by atoms with Gasteiger partial charge in [-0.15, -0.1) is 0 Å². The van der Waals surface area contributed by atoms with Crippen LogP contribution in [0.4, 0.5) is 5.69 Å². The molecule has 1 aliphatic rings. The average molecular weight is 252 g/mol. The van der Waals surface area contributed by atoms with Crippen LogP contribution in [-0.2, 0) is 0 Å². The van der Waals surface area contributed by atoms with Crippen LogP contribution in [0.25, 0.3) is 11.1 Å². The molecule has 0 spiro atoms. The fourth-order valence-electron chi connectivity index (χ4n) is 2.80. The molecular formula is C17H20N2. The molecule has 0 atom stereocenters. The average Bonchev–Trinajstić information content (AvgIpc) is 2.49. The van der Waals surface area contributed by atoms with E-state index < -0.39 is 0 Å². The molecule has 2 aromatic carbocycles. The minimum absolute atomic E-state index is 1.08. The summed E-state index contributed by atoms with van der Waals surface area (Å²) in [6, 6.07) is 17.3. The van der Waals surface area contributed by atoms with Gasteiger partial charge in [0.05, 0.1) is 0 Å². The van der Waals surface area contributed by atoms with E-state index in [4.69, 9.17) is 0 Å². The van der Waals surface area contributed by atoms with Crippen molar-refractivity contribution in [2.24, 2.45) is 0 Å². The Balaban J connectivity index is 1.99. The van der Waals surface area contributed by atoms with Crippen molar-refractivity contribution in [1.82, 2.24) is 5.32 Å². The van der Waals surface area contributed by atoms with Gasteiger partial charge in [-0.2, -0.15) is 0 Å². The molecule has 2 nitrogen and oxygen atoms in total. The molecule has 19 heavy (non-hydrogen) atoms. The molecule has 0 bridgehead atoms. The summed E-state index contributed by atoms with van der Waals surface area (Å²) in [4.78, 5) is 2.48. The quantitative estimate of drug-likeness (QED) is 0.883. The Hall–Kier alpha value is -1.80. The highest BCUT2D eigenvalue weighted by molar-refractivity contribution is 5.74. The van der Waals surface area contributed by atoms with E-state index in [-0.39, 0.29) is 0 Å². The zero-order valence-electron chi connectivity index (χ0n) is 11.4. The molecule has 1 fully saturated rings. The van der Waals surface area contributed by atoms with Crippen LogP contribution in [0.2, 0.25) is 0 Å². The minimum Gasteiger partial charge on any atom is -0.369 e. The predicted octanol–water partition coefficient (Wildman–Crippen LogP) is 3.07. The number of hydrogen-bond acceptors (Lipinski definition) is 2. The first-order chi connectivity index (χ1) is 9.36. The van der Waals surface area contributed by atoms with Crippen LogP contribution in [0.3, 0.4) is 0 Å². The molecule has 1 N–H and O–H groups in total. The standard InChI is InChI=1S/C17H20N2/c1-14-16(15-6-3-2-4-7-15)8-5-9-17(14)19-12-10-18-11-13-19/h2-9,18H,10-13H2,1H3. The molecule has 98 valence electrons. The minimum atomic E-state index is 1.08. The maximum absolute atomic E-state index is 3.41. The van der Waals surface area contributed by atoms with Gasteiger partial charge in [-0.05, 0) is 29.7 Å². The lowest BCUT2D eigenvalue weighted by Crippen LogP contribution is -2.43. The molecule has 2 aromatic rings. The van der Waals surface area contributed by atoms with Crippen LogP contribution in [-0.4, -0.2) is 26.2 Å². The molecule has 3 rings (SSSR count). The summed E-state index contributed by atoms with van der Waals surface area (Å²) in [6.45, 7) is 6.59. The monoisotopic (exact) mass is 252 g/mol. The zero-order valence-corrected chi connectivity index (χ0v) is 11.4. The van der Waals surface area contributed by atoms with Crippen molar-refractivity contribution in [2.45, 2.75) is 6.92 Å². The molecule has 1 aliphatic heterocycles. The molecule has 0 aromatic heterocycles. The van der Waals surface area contributed by atoms with Gasteiger partial charge in [0.1, 0.15) is 0 Å². The number of piperazine rings is 1. The van der Waals surface area contributed by atoms with Crippen LogP contribution in [0, 0.1) is 6.92 Å². The SMILES string of the molecule is Cc1c(-c2ccccc2)cccc1N1CCNCC1. The highest BCUT2D eigenvalue weighted by Crippen LogP contribution is 2.30. The van der Waals surface area contributed by atoms with Crippen LogP contribution < -0.4 is 10.2 Å². The molecule has 0 saturated carbocycles. The molecule has 0 aliphatic carbocycles. The predicted molar refractivity (Wildman–Crippen MR) is 81.7 cm³/mol. The lowest BCUT2D eigenvalue weighted by Gasteiger charge is -2.31. The number of anilines is 1. The molecule has 2 heteroatoms. The normalized spacial score (nSPS) is 15.5. The summed E-state index contributed by atoms with van der Waals surface area (Å²) >= 11 is 0. The van der Waals surface area contributed by atoms with Crippen molar-refractivity contribution >= 4 is 5.69 Å². The van der Waals surface area contributed by atoms with E-state index in [1.807, 2.05) is 0 Å². The third kappa shape index (κ3) is 2.49. The number of benzene rings is 2. The first-order valence-corrected chi connectivity index (χ1v) is 6.97. The van der Waals surface area contributed by atoms with E-state index in [1.165, 1.54) is 22.4 Å². The van der Waals surface area contributed by atoms with Crippen LogP contribution in [0.5, 0.6) is 0 Å². The molecule has 0 amide bonds. The van der Waals surface area contributed by atoms with Gasteiger partial charge in [0.15, 0.2) is 0 Å². The molecule has 0 unspecified atom stereocenters. The van der Waals surface area contributed by atoms with Crippen molar-refractivity contribution in [1.29, 1.82) is 0 Å². The van der Waals surface area contributed by atoms with Gasteiger partial charge >= 0.3 is 0 Å².